The number of anilines is 1. The Bertz CT molecular complexity index is 956. The monoisotopic (exact) mass is 463 g/mol. The number of fused-ring (bicyclic) bond motifs is 1. The number of hydrogen-bond acceptors (Lipinski definition) is 5. The van der Waals surface area contributed by atoms with Crippen molar-refractivity contribution in [2.45, 2.75) is 69.2 Å². The minimum absolute atomic E-state index is 0.113. The van der Waals surface area contributed by atoms with Crippen LogP contribution in [0, 0.1) is 5.92 Å². The average molecular weight is 464 g/mol. The predicted octanol–water partition coefficient (Wildman–Crippen LogP) is 2.67. The summed E-state index contributed by atoms with van der Waals surface area (Å²) >= 11 is 0. The zero-order valence-electron chi connectivity index (χ0n) is 18.7. The van der Waals surface area contributed by atoms with E-state index in [0.717, 1.165) is 44.9 Å². The summed E-state index contributed by atoms with van der Waals surface area (Å²) in [6.07, 6.45) is 8.04. The molecule has 4 rings (SSSR count). The summed E-state index contributed by atoms with van der Waals surface area (Å²) < 4.78 is 33.5. The van der Waals surface area contributed by atoms with Crippen molar-refractivity contribution in [3.8, 4) is 5.75 Å². The van der Waals surface area contributed by atoms with Gasteiger partial charge in [0.05, 0.1) is 10.6 Å². The van der Waals surface area contributed by atoms with Gasteiger partial charge in [-0.2, -0.15) is 4.31 Å². The second-order valence-electron chi connectivity index (χ2n) is 9.15. The molecular weight excluding hydrogens is 430 g/mol. The molecule has 0 radical (unpaired) electrons. The average Bonchev–Trinajstić information content (AvgIpc) is 3.07. The molecule has 1 aliphatic carbocycles. The highest BCUT2D eigenvalue weighted by Gasteiger charge is 2.32. The molecule has 0 bridgehead atoms. The van der Waals surface area contributed by atoms with Crippen LogP contribution in [0.1, 0.15) is 58.3 Å². The minimum atomic E-state index is -3.68. The van der Waals surface area contributed by atoms with Gasteiger partial charge in [0.1, 0.15) is 12.3 Å². The van der Waals surface area contributed by atoms with Crippen LogP contribution in [0.2, 0.25) is 0 Å². The van der Waals surface area contributed by atoms with Gasteiger partial charge < -0.3 is 10.1 Å². The molecule has 0 aromatic heterocycles. The van der Waals surface area contributed by atoms with E-state index in [2.05, 4.69) is 12.2 Å². The number of carbonyl (C=O) groups is 2. The van der Waals surface area contributed by atoms with Crippen molar-refractivity contribution < 1.29 is 22.7 Å². The third kappa shape index (κ3) is 4.93. The number of nitrogens with one attached hydrogen (secondary N) is 1. The minimum Gasteiger partial charge on any atom is -0.482 e. The Morgan fingerprint density at radius 2 is 1.81 bits per heavy atom. The Kier molecular flexibility index (Phi) is 7.05. The van der Waals surface area contributed by atoms with Gasteiger partial charge >= 0.3 is 0 Å². The molecular formula is C23H33N3O5S. The number of rotatable bonds is 5. The first-order chi connectivity index (χ1) is 15.4. The summed E-state index contributed by atoms with van der Waals surface area (Å²) in [7, 11) is -3.68. The second kappa shape index (κ2) is 9.79. The van der Waals surface area contributed by atoms with Crippen molar-refractivity contribution in [1.82, 2.24) is 9.62 Å². The van der Waals surface area contributed by atoms with E-state index < -0.39 is 10.0 Å². The van der Waals surface area contributed by atoms with Crippen LogP contribution in [0.25, 0.3) is 0 Å². The number of carbonyl (C=O) groups excluding carboxylic acids is 2. The quantitative estimate of drug-likeness (QED) is 0.724. The maximum absolute atomic E-state index is 13.2. The zero-order valence-corrected chi connectivity index (χ0v) is 19.5. The summed E-state index contributed by atoms with van der Waals surface area (Å²) in [6, 6.07) is 4.70. The third-order valence-corrected chi connectivity index (χ3v) is 8.73. The van der Waals surface area contributed by atoms with E-state index in [9.17, 15) is 18.0 Å². The fraction of sp³-hybridized carbons (Fsp3) is 0.652. The summed E-state index contributed by atoms with van der Waals surface area (Å²) in [6.45, 7) is 2.82. The Morgan fingerprint density at radius 3 is 2.53 bits per heavy atom. The van der Waals surface area contributed by atoms with E-state index in [0.29, 0.717) is 30.4 Å². The lowest BCUT2D eigenvalue weighted by molar-refractivity contribution is -0.126. The molecule has 2 heterocycles. The van der Waals surface area contributed by atoms with E-state index in [1.54, 1.807) is 6.07 Å². The van der Waals surface area contributed by atoms with Gasteiger partial charge in [-0.05, 0) is 49.8 Å². The maximum Gasteiger partial charge on any atom is 0.265 e. The molecule has 1 aromatic carbocycles. The van der Waals surface area contributed by atoms with Gasteiger partial charge in [-0.1, -0.05) is 32.6 Å². The number of hydrogen-bond donors (Lipinski definition) is 1. The smallest absolute Gasteiger partial charge is 0.265 e. The van der Waals surface area contributed by atoms with Crippen molar-refractivity contribution in [2.75, 3.05) is 31.1 Å². The third-order valence-electron chi connectivity index (χ3n) is 6.84. The molecule has 1 saturated carbocycles. The normalized spacial score (nSPS) is 24.9. The molecule has 2 amide bonds. The first-order valence-electron chi connectivity index (χ1n) is 11.7. The molecule has 0 spiro atoms. The van der Waals surface area contributed by atoms with E-state index in [4.69, 9.17) is 4.74 Å². The molecule has 176 valence electrons. The van der Waals surface area contributed by atoms with Gasteiger partial charge in [-0.15, -0.1) is 0 Å². The standard InChI is InChI=1S/C23H33N3O5S/c1-17-8-4-5-9-19(17)24-22(27)15-26-20-14-18(10-11-21(20)31-16-23(26)28)32(29,30)25-12-6-2-3-7-13-25/h10-11,14,17,19H,2-9,12-13,15-16H2,1H3,(H,24,27). The molecule has 3 aliphatic rings. The van der Waals surface area contributed by atoms with Gasteiger partial charge in [-0.3, -0.25) is 14.5 Å². The first-order valence-corrected chi connectivity index (χ1v) is 13.2. The Morgan fingerprint density at radius 1 is 1.09 bits per heavy atom. The van der Waals surface area contributed by atoms with Crippen LogP contribution in [0.3, 0.4) is 0 Å². The number of sulfonamides is 1. The fourth-order valence-electron chi connectivity index (χ4n) is 4.87. The van der Waals surface area contributed by atoms with Crippen molar-refractivity contribution in [1.29, 1.82) is 0 Å². The van der Waals surface area contributed by atoms with Gasteiger partial charge in [0.25, 0.3) is 5.91 Å². The molecule has 8 nitrogen and oxygen atoms in total. The maximum atomic E-state index is 13.2. The number of nitrogens with zero attached hydrogens (tertiary/aromatic N) is 2. The summed E-state index contributed by atoms with van der Waals surface area (Å²) in [4.78, 5) is 26.9. The summed E-state index contributed by atoms with van der Waals surface area (Å²) in [5.41, 5.74) is 0.337. The topological polar surface area (TPSA) is 96.0 Å². The number of benzene rings is 1. The summed E-state index contributed by atoms with van der Waals surface area (Å²) in [5.74, 6) is 0.239. The van der Waals surface area contributed by atoms with Crippen LogP contribution in [-0.2, 0) is 19.6 Å². The molecule has 1 N–H and O–H groups in total. The van der Waals surface area contributed by atoms with Crippen molar-refractivity contribution >= 4 is 27.5 Å². The van der Waals surface area contributed by atoms with E-state index in [1.807, 2.05) is 0 Å². The van der Waals surface area contributed by atoms with Crippen molar-refractivity contribution in [3.63, 3.8) is 0 Å². The molecule has 1 aromatic rings. The van der Waals surface area contributed by atoms with Crippen LogP contribution in [-0.4, -0.2) is 56.8 Å². The second-order valence-corrected chi connectivity index (χ2v) is 11.1. The van der Waals surface area contributed by atoms with Gasteiger partial charge in [0.2, 0.25) is 15.9 Å². The summed E-state index contributed by atoms with van der Waals surface area (Å²) in [5, 5.41) is 3.07. The fourth-order valence-corrected chi connectivity index (χ4v) is 6.41. The highest BCUT2D eigenvalue weighted by Crippen LogP contribution is 2.35. The van der Waals surface area contributed by atoms with Gasteiger partial charge in [-0.25, -0.2) is 8.42 Å². The van der Waals surface area contributed by atoms with E-state index in [1.165, 1.54) is 27.8 Å². The van der Waals surface area contributed by atoms with Crippen molar-refractivity contribution in [3.05, 3.63) is 18.2 Å². The zero-order chi connectivity index (χ0) is 22.7. The van der Waals surface area contributed by atoms with E-state index >= 15 is 0 Å². The van der Waals surface area contributed by atoms with Crippen molar-refractivity contribution in [2.24, 2.45) is 5.92 Å². The molecule has 32 heavy (non-hydrogen) atoms. The predicted molar refractivity (Wildman–Crippen MR) is 121 cm³/mol. The largest absolute Gasteiger partial charge is 0.482 e. The Labute approximate surface area is 190 Å². The molecule has 2 atom stereocenters. The Hall–Kier alpha value is -2.13. The number of amides is 2. The lowest BCUT2D eigenvalue weighted by Gasteiger charge is -2.32. The molecule has 1 saturated heterocycles. The van der Waals surface area contributed by atoms with Crippen LogP contribution >= 0.6 is 0 Å². The molecule has 9 heteroatoms. The number of ether oxygens (including phenoxy) is 1. The van der Waals surface area contributed by atoms with E-state index in [-0.39, 0.29) is 35.9 Å². The lowest BCUT2D eigenvalue weighted by atomic mass is 9.86. The highest BCUT2D eigenvalue weighted by molar-refractivity contribution is 7.89. The molecule has 2 aliphatic heterocycles. The van der Waals surface area contributed by atoms with Gasteiger partial charge in [0, 0.05) is 19.1 Å². The van der Waals surface area contributed by atoms with Crippen LogP contribution in [0.5, 0.6) is 5.75 Å². The van der Waals surface area contributed by atoms with Crippen LogP contribution in [0.4, 0.5) is 5.69 Å². The molecule has 2 unspecified atom stereocenters. The lowest BCUT2D eigenvalue weighted by Crippen LogP contribution is -2.49. The Balaban J connectivity index is 1.55. The molecule has 2 fully saturated rings. The SMILES string of the molecule is CC1CCCCC1NC(=O)CN1C(=O)COc2ccc(S(=O)(=O)N3CCCCCC3)cc21. The van der Waals surface area contributed by atoms with Gasteiger partial charge in [0.15, 0.2) is 6.61 Å². The van der Waals surface area contributed by atoms with Crippen LogP contribution < -0.4 is 15.0 Å². The van der Waals surface area contributed by atoms with Crippen LogP contribution in [0.15, 0.2) is 23.1 Å². The highest BCUT2D eigenvalue weighted by atomic mass is 32.2. The first kappa shape index (κ1) is 23.0.